The number of guanidine groups is 1. The topological polar surface area (TPSA) is 70.7 Å². The van der Waals surface area contributed by atoms with E-state index < -0.39 is 0 Å². The van der Waals surface area contributed by atoms with Crippen LogP contribution in [0.15, 0.2) is 4.99 Å². The van der Waals surface area contributed by atoms with E-state index in [1.54, 1.807) is 0 Å². The zero-order valence-electron chi connectivity index (χ0n) is 12.6. The van der Waals surface area contributed by atoms with Crippen molar-refractivity contribution in [1.82, 2.24) is 10.2 Å². The Labute approximate surface area is 122 Å². The number of hydrogen-bond acceptors (Lipinski definition) is 2. The molecule has 1 atom stereocenters. The Morgan fingerprint density at radius 1 is 1.25 bits per heavy atom. The largest absolute Gasteiger partial charge is 0.370 e. The van der Waals surface area contributed by atoms with E-state index in [0.717, 1.165) is 32.4 Å². The molecule has 0 aromatic rings. The summed E-state index contributed by atoms with van der Waals surface area (Å²) in [4.78, 5) is 18.2. The predicted molar refractivity (Wildman–Crippen MR) is 81.5 cm³/mol. The molecule has 1 aliphatic heterocycles. The van der Waals surface area contributed by atoms with Crippen LogP contribution in [-0.4, -0.2) is 42.4 Å². The van der Waals surface area contributed by atoms with Crippen LogP contribution in [0.4, 0.5) is 0 Å². The van der Waals surface area contributed by atoms with Crippen LogP contribution in [0.25, 0.3) is 0 Å². The molecule has 3 N–H and O–H groups in total. The van der Waals surface area contributed by atoms with Gasteiger partial charge in [-0.05, 0) is 31.6 Å². The van der Waals surface area contributed by atoms with E-state index in [1.165, 1.54) is 25.7 Å². The van der Waals surface area contributed by atoms with Crippen LogP contribution in [0.5, 0.6) is 0 Å². The first-order valence-electron chi connectivity index (χ1n) is 7.99. The van der Waals surface area contributed by atoms with Gasteiger partial charge in [0.15, 0.2) is 5.96 Å². The van der Waals surface area contributed by atoms with Gasteiger partial charge in [-0.15, -0.1) is 0 Å². The summed E-state index contributed by atoms with van der Waals surface area (Å²) >= 11 is 0. The van der Waals surface area contributed by atoms with Gasteiger partial charge in [-0.25, -0.2) is 4.99 Å². The number of piperidine rings is 1. The average Bonchev–Trinajstić information content (AvgIpc) is 2.46. The van der Waals surface area contributed by atoms with E-state index in [4.69, 9.17) is 5.73 Å². The fraction of sp³-hybridized carbons (Fsp3) is 0.867. The molecule has 0 spiro atoms. The number of carbonyl (C=O) groups is 1. The van der Waals surface area contributed by atoms with Crippen LogP contribution in [0.2, 0.25) is 0 Å². The molecule has 2 rings (SSSR count). The van der Waals surface area contributed by atoms with Gasteiger partial charge in [0.25, 0.3) is 0 Å². The van der Waals surface area contributed by atoms with Gasteiger partial charge >= 0.3 is 0 Å². The second-order valence-corrected chi connectivity index (χ2v) is 6.27. The predicted octanol–water partition coefficient (Wildman–Crippen LogP) is 1.48. The number of amides is 1. The number of rotatable bonds is 3. The summed E-state index contributed by atoms with van der Waals surface area (Å²) in [6.45, 7) is 4.31. The molecule has 1 saturated carbocycles. The Balaban J connectivity index is 1.74. The van der Waals surface area contributed by atoms with Gasteiger partial charge in [0, 0.05) is 19.1 Å². The summed E-state index contributed by atoms with van der Waals surface area (Å²) in [5.74, 6) is 1.19. The van der Waals surface area contributed by atoms with Gasteiger partial charge in [-0.2, -0.15) is 0 Å². The zero-order valence-corrected chi connectivity index (χ0v) is 12.6. The Hall–Kier alpha value is -1.26. The Kier molecular flexibility index (Phi) is 5.68. The van der Waals surface area contributed by atoms with Crippen molar-refractivity contribution in [1.29, 1.82) is 0 Å². The highest BCUT2D eigenvalue weighted by molar-refractivity contribution is 5.84. The number of nitrogens with two attached hydrogens (primary N) is 1. The molecule has 2 aliphatic rings. The first-order valence-corrected chi connectivity index (χ1v) is 7.99. The number of nitrogens with zero attached hydrogens (tertiary/aromatic N) is 2. The molecule has 0 aromatic heterocycles. The summed E-state index contributed by atoms with van der Waals surface area (Å²) in [6.07, 6.45) is 8.37. The third-order valence-corrected chi connectivity index (χ3v) is 4.34. The van der Waals surface area contributed by atoms with Crippen LogP contribution in [0.1, 0.15) is 51.9 Å². The molecule has 1 heterocycles. The van der Waals surface area contributed by atoms with E-state index in [0.29, 0.717) is 17.9 Å². The van der Waals surface area contributed by atoms with E-state index in [9.17, 15) is 4.79 Å². The number of carbonyl (C=O) groups excluding carboxylic acids is 1. The molecule has 2 fully saturated rings. The van der Waals surface area contributed by atoms with Gasteiger partial charge in [-0.1, -0.05) is 26.2 Å². The zero-order chi connectivity index (χ0) is 14.4. The van der Waals surface area contributed by atoms with Gasteiger partial charge in [0.1, 0.15) is 6.54 Å². The summed E-state index contributed by atoms with van der Waals surface area (Å²) < 4.78 is 0. The van der Waals surface area contributed by atoms with Crippen molar-refractivity contribution in [3.8, 4) is 0 Å². The van der Waals surface area contributed by atoms with Gasteiger partial charge in [-0.3, -0.25) is 4.79 Å². The number of likely N-dealkylation sites (tertiary alicyclic amines) is 1. The monoisotopic (exact) mass is 280 g/mol. The van der Waals surface area contributed by atoms with Crippen molar-refractivity contribution >= 4 is 11.9 Å². The van der Waals surface area contributed by atoms with Crippen molar-refractivity contribution in [2.75, 3.05) is 19.6 Å². The quantitative estimate of drug-likeness (QED) is 0.607. The van der Waals surface area contributed by atoms with E-state index in [-0.39, 0.29) is 12.5 Å². The van der Waals surface area contributed by atoms with Crippen molar-refractivity contribution in [3.63, 3.8) is 0 Å². The summed E-state index contributed by atoms with van der Waals surface area (Å²) in [5, 5.41) is 3.07. The molecule has 1 saturated heterocycles. The first-order chi connectivity index (χ1) is 9.65. The molecule has 0 aromatic carbocycles. The summed E-state index contributed by atoms with van der Waals surface area (Å²) in [6, 6.07) is 0.350. The Morgan fingerprint density at radius 2 is 2.00 bits per heavy atom. The minimum absolute atomic E-state index is 0.00454. The lowest BCUT2D eigenvalue weighted by molar-refractivity contribution is -0.120. The number of nitrogens with one attached hydrogen (secondary N) is 1. The third-order valence-electron chi connectivity index (χ3n) is 4.34. The van der Waals surface area contributed by atoms with Crippen molar-refractivity contribution in [2.45, 2.75) is 57.9 Å². The lowest BCUT2D eigenvalue weighted by Gasteiger charge is -2.31. The number of hydrogen-bond donors (Lipinski definition) is 2. The molecule has 0 radical (unpaired) electrons. The molecule has 1 unspecified atom stereocenters. The standard InChI is InChI=1S/C15H28N4O/c1-12-6-5-9-19(11-12)15(16)17-10-14(20)18-13-7-3-2-4-8-13/h12-13H,2-11H2,1H3,(H2,16,17)(H,18,20). The normalized spacial score (nSPS) is 25.6. The lowest BCUT2D eigenvalue weighted by atomic mass is 9.95. The maximum absolute atomic E-state index is 11.9. The fourth-order valence-electron chi connectivity index (χ4n) is 3.17. The molecule has 5 heteroatoms. The van der Waals surface area contributed by atoms with E-state index in [2.05, 4.69) is 22.1 Å². The minimum Gasteiger partial charge on any atom is -0.370 e. The second kappa shape index (κ2) is 7.50. The highest BCUT2D eigenvalue weighted by Crippen LogP contribution is 2.17. The smallest absolute Gasteiger partial charge is 0.242 e. The molecule has 0 bridgehead atoms. The maximum Gasteiger partial charge on any atom is 0.242 e. The average molecular weight is 280 g/mol. The van der Waals surface area contributed by atoms with E-state index >= 15 is 0 Å². The summed E-state index contributed by atoms with van der Waals surface area (Å²) in [5.41, 5.74) is 5.99. The van der Waals surface area contributed by atoms with Gasteiger partial charge in [0.05, 0.1) is 0 Å². The third kappa shape index (κ3) is 4.69. The molecule has 114 valence electrons. The van der Waals surface area contributed by atoms with Crippen LogP contribution >= 0.6 is 0 Å². The van der Waals surface area contributed by atoms with Crippen molar-refractivity contribution < 1.29 is 4.79 Å². The lowest BCUT2D eigenvalue weighted by Crippen LogP contribution is -2.44. The molecule has 1 amide bonds. The van der Waals surface area contributed by atoms with Gasteiger partial charge in [0.2, 0.25) is 5.91 Å². The SMILES string of the molecule is CC1CCCN(C(N)=NCC(=O)NC2CCCCC2)C1. The molecule has 1 aliphatic carbocycles. The van der Waals surface area contributed by atoms with E-state index in [1.807, 2.05) is 0 Å². The fourth-order valence-corrected chi connectivity index (χ4v) is 3.17. The molecule has 5 nitrogen and oxygen atoms in total. The highest BCUT2D eigenvalue weighted by atomic mass is 16.1. The van der Waals surface area contributed by atoms with Crippen LogP contribution in [-0.2, 0) is 4.79 Å². The Morgan fingerprint density at radius 3 is 2.70 bits per heavy atom. The van der Waals surface area contributed by atoms with Crippen LogP contribution in [0.3, 0.4) is 0 Å². The summed E-state index contributed by atoms with van der Waals surface area (Å²) in [7, 11) is 0. The molecule has 20 heavy (non-hydrogen) atoms. The maximum atomic E-state index is 11.9. The molecular formula is C15H28N4O. The highest BCUT2D eigenvalue weighted by Gasteiger charge is 2.18. The van der Waals surface area contributed by atoms with Crippen molar-refractivity contribution in [2.24, 2.45) is 16.6 Å². The first kappa shape index (κ1) is 15.1. The second-order valence-electron chi connectivity index (χ2n) is 6.27. The molecular weight excluding hydrogens is 252 g/mol. The van der Waals surface area contributed by atoms with Gasteiger partial charge < -0.3 is 16.0 Å². The number of aliphatic imine (C=N–C) groups is 1. The van der Waals surface area contributed by atoms with Crippen molar-refractivity contribution in [3.05, 3.63) is 0 Å². The van der Waals surface area contributed by atoms with Crippen LogP contribution in [0, 0.1) is 5.92 Å². The Bertz CT molecular complexity index is 350. The minimum atomic E-state index is 0.00454. The van der Waals surface area contributed by atoms with Crippen LogP contribution < -0.4 is 11.1 Å².